The minimum atomic E-state index is -0.938. The molecule has 0 aliphatic rings. The Morgan fingerprint density at radius 3 is 2.67 bits per heavy atom. The van der Waals surface area contributed by atoms with Gasteiger partial charge in [0.2, 0.25) is 0 Å². The Morgan fingerprint density at radius 1 is 1.19 bits per heavy atom. The standard InChI is InChI=1S/C15H11FN2O2S/c16-11-7-4-8-12-14(11)17-15(21-9-13(19)20)18(12)10-5-2-1-3-6-10/h1-8H,9H2,(H,19,20). The second-order valence-corrected chi connectivity index (χ2v) is 5.30. The normalized spacial score (nSPS) is 10.9. The number of halogens is 1. The molecule has 0 atom stereocenters. The number of aliphatic carboxylic acids is 1. The molecule has 0 amide bonds. The monoisotopic (exact) mass is 302 g/mol. The van der Waals surface area contributed by atoms with Gasteiger partial charge in [-0.3, -0.25) is 9.36 Å². The van der Waals surface area contributed by atoms with Crippen molar-refractivity contribution in [1.29, 1.82) is 0 Å². The van der Waals surface area contributed by atoms with Gasteiger partial charge >= 0.3 is 5.97 Å². The predicted octanol–water partition coefficient (Wildman–Crippen LogP) is 3.34. The molecule has 1 N–H and O–H groups in total. The molecule has 6 heteroatoms. The van der Waals surface area contributed by atoms with Crippen LogP contribution in [0.15, 0.2) is 53.7 Å². The van der Waals surface area contributed by atoms with Crippen LogP contribution >= 0.6 is 11.8 Å². The number of carbonyl (C=O) groups is 1. The largest absolute Gasteiger partial charge is 0.481 e. The zero-order chi connectivity index (χ0) is 14.8. The summed E-state index contributed by atoms with van der Waals surface area (Å²) < 4.78 is 15.7. The number of carboxylic acids is 1. The molecular formula is C15H11FN2O2S. The maximum atomic E-state index is 13.9. The second kappa shape index (κ2) is 5.57. The van der Waals surface area contributed by atoms with E-state index in [1.54, 1.807) is 16.7 Å². The summed E-state index contributed by atoms with van der Waals surface area (Å²) in [5, 5.41) is 9.30. The highest BCUT2D eigenvalue weighted by Gasteiger charge is 2.16. The van der Waals surface area contributed by atoms with E-state index in [2.05, 4.69) is 4.98 Å². The molecule has 1 heterocycles. The van der Waals surface area contributed by atoms with Gasteiger partial charge in [-0.2, -0.15) is 0 Å². The van der Waals surface area contributed by atoms with Gasteiger partial charge in [0.05, 0.1) is 11.3 Å². The molecule has 0 saturated carbocycles. The fraction of sp³-hybridized carbons (Fsp3) is 0.0667. The highest BCUT2D eigenvalue weighted by atomic mass is 32.2. The number of thioether (sulfide) groups is 1. The highest BCUT2D eigenvalue weighted by molar-refractivity contribution is 7.99. The molecule has 0 unspecified atom stereocenters. The minimum Gasteiger partial charge on any atom is -0.481 e. The van der Waals surface area contributed by atoms with Crippen LogP contribution in [0.3, 0.4) is 0 Å². The average molecular weight is 302 g/mol. The van der Waals surface area contributed by atoms with Crippen molar-refractivity contribution in [3.8, 4) is 5.69 Å². The van der Waals surface area contributed by atoms with Gasteiger partial charge in [-0.25, -0.2) is 9.37 Å². The molecule has 2 aromatic carbocycles. The fourth-order valence-corrected chi connectivity index (χ4v) is 2.83. The van der Waals surface area contributed by atoms with E-state index in [9.17, 15) is 9.18 Å². The van der Waals surface area contributed by atoms with Gasteiger partial charge in [0.25, 0.3) is 0 Å². The summed E-state index contributed by atoms with van der Waals surface area (Å²) in [5.41, 5.74) is 1.68. The van der Waals surface area contributed by atoms with Crippen LogP contribution in [0.1, 0.15) is 0 Å². The zero-order valence-corrected chi connectivity index (χ0v) is 11.7. The summed E-state index contributed by atoms with van der Waals surface area (Å²) in [6, 6.07) is 14.1. The summed E-state index contributed by atoms with van der Waals surface area (Å²) in [7, 11) is 0. The van der Waals surface area contributed by atoms with Crippen LogP contribution in [0.4, 0.5) is 4.39 Å². The third kappa shape index (κ3) is 2.62. The van der Waals surface area contributed by atoms with E-state index in [0.717, 1.165) is 17.4 Å². The van der Waals surface area contributed by atoms with Crippen molar-refractivity contribution in [2.45, 2.75) is 5.16 Å². The summed E-state index contributed by atoms with van der Waals surface area (Å²) in [6.07, 6.45) is 0. The number of carboxylic acid groups (broad SMARTS) is 1. The Kier molecular flexibility index (Phi) is 3.62. The third-order valence-corrected chi connectivity index (χ3v) is 3.87. The molecule has 0 fully saturated rings. The van der Waals surface area contributed by atoms with Crippen molar-refractivity contribution in [2.75, 3.05) is 5.75 Å². The number of hydrogen-bond acceptors (Lipinski definition) is 3. The second-order valence-electron chi connectivity index (χ2n) is 4.36. The molecule has 106 valence electrons. The van der Waals surface area contributed by atoms with E-state index in [4.69, 9.17) is 5.11 Å². The quantitative estimate of drug-likeness (QED) is 0.751. The Bertz CT molecular complexity index is 802. The molecule has 0 aliphatic heterocycles. The van der Waals surface area contributed by atoms with Gasteiger partial charge < -0.3 is 5.11 Å². The van der Waals surface area contributed by atoms with E-state index in [-0.39, 0.29) is 11.3 Å². The topological polar surface area (TPSA) is 55.1 Å². The third-order valence-electron chi connectivity index (χ3n) is 2.94. The van der Waals surface area contributed by atoms with Crippen molar-refractivity contribution >= 4 is 28.8 Å². The van der Waals surface area contributed by atoms with E-state index in [1.165, 1.54) is 6.07 Å². The Balaban J connectivity index is 2.21. The Morgan fingerprint density at radius 2 is 1.95 bits per heavy atom. The first-order chi connectivity index (χ1) is 10.2. The molecule has 0 radical (unpaired) electrons. The van der Waals surface area contributed by atoms with Gasteiger partial charge in [0, 0.05) is 5.69 Å². The van der Waals surface area contributed by atoms with Crippen molar-refractivity contribution in [1.82, 2.24) is 9.55 Å². The fourth-order valence-electron chi connectivity index (χ4n) is 2.09. The van der Waals surface area contributed by atoms with Crippen molar-refractivity contribution < 1.29 is 14.3 Å². The van der Waals surface area contributed by atoms with Crippen LogP contribution in [0.5, 0.6) is 0 Å². The van der Waals surface area contributed by atoms with E-state index in [0.29, 0.717) is 10.7 Å². The molecule has 3 rings (SSSR count). The molecular weight excluding hydrogens is 291 g/mol. The summed E-state index contributed by atoms with van der Waals surface area (Å²) in [4.78, 5) is 15.0. The van der Waals surface area contributed by atoms with Gasteiger partial charge in [-0.05, 0) is 24.3 Å². The minimum absolute atomic E-state index is 0.127. The van der Waals surface area contributed by atoms with E-state index < -0.39 is 11.8 Å². The van der Waals surface area contributed by atoms with Gasteiger partial charge in [0.15, 0.2) is 11.0 Å². The predicted molar refractivity (Wildman–Crippen MR) is 79.4 cm³/mol. The van der Waals surface area contributed by atoms with Gasteiger partial charge in [0.1, 0.15) is 5.52 Å². The number of imidazole rings is 1. The molecule has 0 aliphatic carbocycles. The highest BCUT2D eigenvalue weighted by Crippen LogP contribution is 2.29. The van der Waals surface area contributed by atoms with Gasteiger partial charge in [-0.15, -0.1) is 0 Å². The van der Waals surface area contributed by atoms with Crippen molar-refractivity contribution in [3.63, 3.8) is 0 Å². The molecule has 4 nitrogen and oxygen atoms in total. The van der Waals surface area contributed by atoms with Crippen LogP contribution in [-0.4, -0.2) is 26.4 Å². The van der Waals surface area contributed by atoms with E-state index >= 15 is 0 Å². The number of aromatic nitrogens is 2. The maximum absolute atomic E-state index is 13.9. The lowest BCUT2D eigenvalue weighted by Crippen LogP contribution is -2.01. The van der Waals surface area contributed by atoms with Crippen molar-refractivity contribution in [3.05, 3.63) is 54.3 Å². The molecule has 21 heavy (non-hydrogen) atoms. The lowest BCUT2D eigenvalue weighted by molar-refractivity contribution is -0.133. The van der Waals surface area contributed by atoms with Crippen LogP contribution in [-0.2, 0) is 4.79 Å². The van der Waals surface area contributed by atoms with Crippen LogP contribution in [0.25, 0.3) is 16.7 Å². The lowest BCUT2D eigenvalue weighted by Gasteiger charge is -2.07. The molecule has 3 aromatic rings. The van der Waals surface area contributed by atoms with E-state index in [1.807, 2.05) is 30.3 Å². The van der Waals surface area contributed by atoms with Crippen molar-refractivity contribution in [2.24, 2.45) is 0 Å². The first-order valence-corrected chi connectivity index (χ1v) is 7.22. The molecule has 0 spiro atoms. The first-order valence-electron chi connectivity index (χ1n) is 6.24. The number of nitrogens with zero attached hydrogens (tertiary/aromatic N) is 2. The summed E-state index contributed by atoms with van der Waals surface area (Å²) in [6.45, 7) is 0. The zero-order valence-electron chi connectivity index (χ0n) is 10.9. The molecule has 1 aromatic heterocycles. The summed E-state index contributed by atoms with van der Waals surface area (Å²) in [5.74, 6) is -1.48. The van der Waals surface area contributed by atoms with Crippen LogP contribution < -0.4 is 0 Å². The van der Waals surface area contributed by atoms with Crippen LogP contribution in [0.2, 0.25) is 0 Å². The number of rotatable bonds is 4. The SMILES string of the molecule is O=C(O)CSc1nc2c(F)cccc2n1-c1ccccc1. The summed E-state index contributed by atoms with van der Waals surface area (Å²) >= 11 is 1.07. The smallest absolute Gasteiger partial charge is 0.313 e. The first kappa shape index (κ1) is 13.6. The Hall–Kier alpha value is -2.34. The number of hydrogen-bond donors (Lipinski definition) is 1. The number of fused-ring (bicyclic) bond motifs is 1. The maximum Gasteiger partial charge on any atom is 0.313 e. The average Bonchev–Trinajstić information content (AvgIpc) is 2.86. The molecule has 0 saturated heterocycles. The number of para-hydroxylation sites is 2. The van der Waals surface area contributed by atoms with Gasteiger partial charge in [-0.1, -0.05) is 36.0 Å². The Labute approximate surface area is 124 Å². The number of benzene rings is 2. The lowest BCUT2D eigenvalue weighted by atomic mass is 10.3. The molecule has 0 bridgehead atoms. The van der Waals surface area contributed by atoms with Crippen LogP contribution in [0, 0.1) is 5.82 Å².